The molecule has 0 radical (unpaired) electrons. The van der Waals surface area contributed by atoms with Crippen LogP contribution in [0, 0.1) is 5.82 Å². The summed E-state index contributed by atoms with van der Waals surface area (Å²) in [5.41, 5.74) is 0.0531. The molecule has 1 atom stereocenters. The van der Waals surface area contributed by atoms with E-state index in [0.29, 0.717) is 10.6 Å². The SMILES string of the molecule is CC[C@H](C(=O)NC(C)(C)C)N(Cc1ccc(Cl)c(Cl)c1)C(=O)CN(c1cccc(F)c1)S(C)(=O)=O. The van der Waals surface area contributed by atoms with Crippen molar-refractivity contribution in [3.8, 4) is 0 Å². The number of carbonyl (C=O) groups excluding carboxylic acids is 2. The molecule has 0 bridgehead atoms. The lowest BCUT2D eigenvalue weighted by Gasteiger charge is -2.34. The van der Waals surface area contributed by atoms with Crippen molar-refractivity contribution in [3.63, 3.8) is 0 Å². The van der Waals surface area contributed by atoms with Crippen LogP contribution in [0.25, 0.3) is 0 Å². The quantitative estimate of drug-likeness (QED) is 0.498. The van der Waals surface area contributed by atoms with Crippen LogP contribution in [0.2, 0.25) is 10.0 Å². The van der Waals surface area contributed by atoms with Gasteiger partial charge in [0, 0.05) is 12.1 Å². The van der Waals surface area contributed by atoms with Crippen molar-refractivity contribution < 1.29 is 22.4 Å². The number of nitrogens with zero attached hydrogens (tertiary/aromatic N) is 2. The van der Waals surface area contributed by atoms with Gasteiger partial charge in [0.05, 0.1) is 22.0 Å². The molecule has 2 aromatic carbocycles. The lowest BCUT2D eigenvalue weighted by Crippen LogP contribution is -2.55. The maximum Gasteiger partial charge on any atom is 0.244 e. The van der Waals surface area contributed by atoms with Gasteiger partial charge in [-0.15, -0.1) is 0 Å². The van der Waals surface area contributed by atoms with Crippen LogP contribution in [0.5, 0.6) is 0 Å². The molecule has 0 aliphatic rings. The topological polar surface area (TPSA) is 86.8 Å². The van der Waals surface area contributed by atoms with Crippen molar-refractivity contribution in [2.45, 2.75) is 52.2 Å². The second-order valence-electron chi connectivity index (χ2n) is 9.18. The Morgan fingerprint density at radius 3 is 2.26 bits per heavy atom. The molecule has 7 nitrogen and oxygen atoms in total. The summed E-state index contributed by atoms with van der Waals surface area (Å²) in [6, 6.07) is 8.88. The number of hydrogen-bond donors (Lipinski definition) is 1. The molecule has 0 saturated heterocycles. The number of amides is 2. The summed E-state index contributed by atoms with van der Waals surface area (Å²) in [4.78, 5) is 28.0. The van der Waals surface area contributed by atoms with Gasteiger partial charge in [0.15, 0.2) is 0 Å². The van der Waals surface area contributed by atoms with Crippen LogP contribution in [-0.4, -0.2) is 49.5 Å². The van der Waals surface area contributed by atoms with Crippen LogP contribution >= 0.6 is 23.2 Å². The third kappa shape index (κ3) is 8.37. The molecule has 0 saturated carbocycles. The smallest absolute Gasteiger partial charge is 0.244 e. The second kappa shape index (κ2) is 11.6. The number of anilines is 1. The predicted molar refractivity (Wildman–Crippen MR) is 138 cm³/mol. The highest BCUT2D eigenvalue weighted by Gasteiger charge is 2.33. The number of halogens is 3. The molecule has 0 unspecified atom stereocenters. The van der Waals surface area contributed by atoms with E-state index in [1.54, 1.807) is 25.1 Å². The number of benzene rings is 2. The Morgan fingerprint density at radius 2 is 1.74 bits per heavy atom. The number of hydrogen-bond acceptors (Lipinski definition) is 4. The highest BCUT2D eigenvalue weighted by molar-refractivity contribution is 7.92. The van der Waals surface area contributed by atoms with Crippen molar-refractivity contribution in [3.05, 3.63) is 63.9 Å². The largest absolute Gasteiger partial charge is 0.350 e. The van der Waals surface area contributed by atoms with E-state index in [-0.39, 0.29) is 29.6 Å². The van der Waals surface area contributed by atoms with E-state index in [0.717, 1.165) is 16.6 Å². The first-order valence-electron chi connectivity index (χ1n) is 10.9. The third-order valence-corrected chi connectivity index (χ3v) is 6.88. The average molecular weight is 546 g/mol. The zero-order valence-electron chi connectivity index (χ0n) is 20.3. The van der Waals surface area contributed by atoms with E-state index >= 15 is 0 Å². The van der Waals surface area contributed by atoms with Crippen molar-refractivity contribution in [1.29, 1.82) is 0 Å². The lowest BCUT2D eigenvalue weighted by atomic mass is 10.1. The fourth-order valence-electron chi connectivity index (χ4n) is 3.45. The van der Waals surface area contributed by atoms with Gasteiger partial charge in [-0.3, -0.25) is 13.9 Å². The molecule has 0 spiro atoms. The van der Waals surface area contributed by atoms with E-state index in [9.17, 15) is 22.4 Å². The Hall–Kier alpha value is -2.36. The Kier molecular flexibility index (Phi) is 9.56. The minimum absolute atomic E-state index is 0.00234. The molecule has 192 valence electrons. The van der Waals surface area contributed by atoms with Crippen molar-refractivity contribution >= 4 is 50.7 Å². The van der Waals surface area contributed by atoms with E-state index < -0.39 is 39.9 Å². The molecular weight excluding hydrogens is 516 g/mol. The summed E-state index contributed by atoms with van der Waals surface area (Å²) in [6.45, 7) is 6.56. The molecule has 0 heterocycles. The molecule has 11 heteroatoms. The third-order valence-electron chi connectivity index (χ3n) is 5.00. The monoisotopic (exact) mass is 545 g/mol. The zero-order chi connectivity index (χ0) is 26.6. The fourth-order valence-corrected chi connectivity index (χ4v) is 4.61. The molecule has 1 N–H and O–H groups in total. The summed E-state index contributed by atoms with van der Waals surface area (Å²) >= 11 is 12.2. The van der Waals surface area contributed by atoms with Gasteiger partial charge in [-0.2, -0.15) is 0 Å². The van der Waals surface area contributed by atoms with Crippen molar-refractivity contribution in [2.75, 3.05) is 17.1 Å². The van der Waals surface area contributed by atoms with E-state index in [2.05, 4.69) is 5.32 Å². The normalized spacial score (nSPS) is 12.7. The molecule has 0 aliphatic heterocycles. The first-order valence-corrected chi connectivity index (χ1v) is 13.5. The maximum atomic E-state index is 13.8. The summed E-state index contributed by atoms with van der Waals surface area (Å²) < 4.78 is 39.7. The molecular formula is C24H30Cl2FN3O4S. The Bertz CT molecular complexity index is 1190. The van der Waals surface area contributed by atoms with Gasteiger partial charge in [-0.1, -0.05) is 42.3 Å². The average Bonchev–Trinajstić information content (AvgIpc) is 2.72. The van der Waals surface area contributed by atoms with Crippen molar-refractivity contribution in [1.82, 2.24) is 10.2 Å². The predicted octanol–water partition coefficient (Wildman–Crippen LogP) is 4.62. The van der Waals surface area contributed by atoms with Gasteiger partial charge in [0.1, 0.15) is 18.4 Å². The Morgan fingerprint density at radius 1 is 1.09 bits per heavy atom. The van der Waals surface area contributed by atoms with Gasteiger partial charge in [0.25, 0.3) is 0 Å². The Balaban J connectivity index is 2.48. The van der Waals surface area contributed by atoms with Gasteiger partial charge in [0.2, 0.25) is 21.8 Å². The van der Waals surface area contributed by atoms with Crippen LogP contribution in [0.4, 0.5) is 10.1 Å². The van der Waals surface area contributed by atoms with Crippen LogP contribution < -0.4 is 9.62 Å². The van der Waals surface area contributed by atoms with Gasteiger partial charge in [-0.05, 0) is 63.1 Å². The van der Waals surface area contributed by atoms with Crippen LogP contribution in [-0.2, 0) is 26.2 Å². The Labute approximate surface area is 216 Å². The maximum absolute atomic E-state index is 13.8. The number of nitrogens with one attached hydrogen (secondary N) is 1. The first kappa shape index (κ1) is 28.9. The van der Waals surface area contributed by atoms with Crippen LogP contribution in [0.15, 0.2) is 42.5 Å². The van der Waals surface area contributed by atoms with Crippen LogP contribution in [0.1, 0.15) is 39.7 Å². The molecule has 2 aromatic rings. The minimum atomic E-state index is -3.95. The molecule has 2 amide bonds. The highest BCUT2D eigenvalue weighted by atomic mass is 35.5. The van der Waals surface area contributed by atoms with Gasteiger partial charge in [-0.25, -0.2) is 12.8 Å². The summed E-state index contributed by atoms with van der Waals surface area (Å²) in [7, 11) is -3.95. The molecule has 2 rings (SSSR count). The minimum Gasteiger partial charge on any atom is -0.350 e. The first-order chi connectivity index (χ1) is 16.1. The lowest BCUT2D eigenvalue weighted by molar-refractivity contribution is -0.141. The van der Waals surface area contributed by atoms with E-state index in [1.165, 1.54) is 23.1 Å². The molecule has 0 fully saturated rings. The molecule has 35 heavy (non-hydrogen) atoms. The van der Waals surface area contributed by atoms with Crippen LogP contribution in [0.3, 0.4) is 0 Å². The van der Waals surface area contributed by atoms with Crippen molar-refractivity contribution in [2.24, 2.45) is 0 Å². The van der Waals surface area contributed by atoms with Gasteiger partial charge < -0.3 is 10.2 Å². The van der Waals surface area contributed by atoms with E-state index in [4.69, 9.17) is 23.2 Å². The number of rotatable bonds is 9. The summed E-state index contributed by atoms with van der Waals surface area (Å²) in [5, 5.41) is 3.49. The number of sulfonamides is 1. The number of carbonyl (C=O) groups is 2. The fraction of sp³-hybridized carbons (Fsp3) is 0.417. The second-order valence-corrected chi connectivity index (χ2v) is 11.9. The highest BCUT2D eigenvalue weighted by Crippen LogP contribution is 2.25. The summed E-state index contributed by atoms with van der Waals surface area (Å²) in [6.07, 6.45) is 1.20. The molecule has 0 aliphatic carbocycles. The zero-order valence-corrected chi connectivity index (χ0v) is 22.6. The molecule has 0 aromatic heterocycles. The summed E-state index contributed by atoms with van der Waals surface area (Å²) in [5.74, 6) is -1.67. The van der Waals surface area contributed by atoms with Gasteiger partial charge >= 0.3 is 0 Å². The van der Waals surface area contributed by atoms with E-state index in [1.807, 2.05) is 20.8 Å². The standard InChI is InChI=1S/C24H30Cl2FN3O4S/c1-6-21(23(32)28-24(2,3)4)29(14-16-10-11-19(25)20(26)12-16)22(31)15-30(35(5,33)34)18-9-7-8-17(27)13-18/h7-13,21H,6,14-15H2,1-5H3,(H,28,32)/t21-/m1/s1.